The summed E-state index contributed by atoms with van der Waals surface area (Å²) < 4.78 is 13.2. The van der Waals surface area contributed by atoms with E-state index < -0.39 is 5.82 Å². The summed E-state index contributed by atoms with van der Waals surface area (Å²) in [5.41, 5.74) is 5.53. The predicted octanol–water partition coefficient (Wildman–Crippen LogP) is 1.44. The molecule has 1 aromatic carbocycles. The number of anilines is 2. The summed E-state index contributed by atoms with van der Waals surface area (Å²) in [6.45, 7) is 0. The average Bonchev–Trinajstić information content (AvgIpc) is 2.67. The molecule has 0 spiro atoms. The van der Waals surface area contributed by atoms with Gasteiger partial charge in [0.2, 0.25) is 11.0 Å². The monoisotopic (exact) mass is 252 g/mol. The largest absolute Gasteiger partial charge is 0.374 e. The van der Waals surface area contributed by atoms with Crippen molar-refractivity contribution in [2.45, 2.75) is 6.42 Å². The molecular weight excluding hydrogens is 243 g/mol. The van der Waals surface area contributed by atoms with Crippen molar-refractivity contribution in [3.63, 3.8) is 0 Å². The van der Waals surface area contributed by atoms with Crippen molar-refractivity contribution in [1.29, 1.82) is 0 Å². The van der Waals surface area contributed by atoms with Gasteiger partial charge < -0.3 is 11.1 Å². The Balaban J connectivity index is 2.01. The molecule has 1 heterocycles. The molecule has 2 rings (SSSR count). The number of nitrogens with two attached hydrogens (primary N) is 1. The summed E-state index contributed by atoms with van der Waals surface area (Å²) >= 11 is 1.13. The van der Waals surface area contributed by atoms with Gasteiger partial charge in [0.05, 0.1) is 12.1 Å². The molecule has 0 saturated heterocycles. The molecule has 0 bridgehead atoms. The van der Waals surface area contributed by atoms with Crippen LogP contribution in [0.15, 0.2) is 24.3 Å². The van der Waals surface area contributed by atoms with Gasteiger partial charge in [0.25, 0.3) is 0 Å². The molecule has 5 nitrogen and oxygen atoms in total. The van der Waals surface area contributed by atoms with Crippen molar-refractivity contribution in [3.8, 4) is 0 Å². The van der Waals surface area contributed by atoms with Gasteiger partial charge in [-0.2, -0.15) is 0 Å². The third-order valence-electron chi connectivity index (χ3n) is 1.94. The molecule has 0 aliphatic rings. The first-order valence-corrected chi connectivity index (χ1v) is 5.59. The lowest BCUT2D eigenvalue weighted by Crippen LogP contribution is -2.15. The lowest BCUT2D eigenvalue weighted by molar-refractivity contribution is -0.115. The normalized spacial score (nSPS) is 10.2. The first-order valence-electron chi connectivity index (χ1n) is 4.77. The fraction of sp³-hybridized carbons (Fsp3) is 0.100. The Morgan fingerprint density at radius 3 is 2.82 bits per heavy atom. The number of rotatable bonds is 3. The lowest BCUT2D eigenvalue weighted by Gasteiger charge is -2.04. The van der Waals surface area contributed by atoms with Crippen LogP contribution in [0.2, 0.25) is 0 Å². The Morgan fingerprint density at radius 1 is 1.41 bits per heavy atom. The van der Waals surface area contributed by atoms with Crippen LogP contribution in [0.25, 0.3) is 0 Å². The van der Waals surface area contributed by atoms with Crippen LogP contribution in [-0.4, -0.2) is 16.1 Å². The van der Waals surface area contributed by atoms with E-state index in [2.05, 4.69) is 15.5 Å². The molecule has 7 heteroatoms. The van der Waals surface area contributed by atoms with Crippen molar-refractivity contribution in [2.75, 3.05) is 11.1 Å². The van der Waals surface area contributed by atoms with Gasteiger partial charge in [-0.05, 0) is 12.1 Å². The highest BCUT2D eigenvalue weighted by Crippen LogP contribution is 2.15. The fourth-order valence-electron chi connectivity index (χ4n) is 1.23. The Kier molecular flexibility index (Phi) is 3.29. The average molecular weight is 252 g/mol. The summed E-state index contributed by atoms with van der Waals surface area (Å²) in [5.74, 6) is -0.830. The maximum Gasteiger partial charge on any atom is 0.231 e. The zero-order chi connectivity index (χ0) is 12.3. The first kappa shape index (κ1) is 11.5. The van der Waals surface area contributed by atoms with Crippen molar-refractivity contribution in [1.82, 2.24) is 10.2 Å². The number of benzene rings is 1. The molecule has 0 fully saturated rings. The molecule has 2 aromatic rings. The third kappa shape index (κ3) is 2.97. The Hall–Kier alpha value is -2.02. The number of carbonyl (C=O) groups is 1. The minimum atomic E-state index is -0.474. The van der Waals surface area contributed by atoms with E-state index in [1.807, 2.05) is 0 Å². The van der Waals surface area contributed by atoms with Crippen molar-refractivity contribution >= 4 is 28.1 Å². The Bertz CT molecular complexity index is 543. The predicted molar refractivity (Wildman–Crippen MR) is 63.1 cm³/mol. The van der Waals surface area contributed by atoms with Crippen LogP contribution < -0.4 is 11.1 Å². The van der Waals surface area contributed by atoms with Gasteiger partial charge in [-0.3, -0.25) is 4.79 Å². The first-order chi connectivity index (χ1) is 8.15. The highest BCUT2D eigenvalue weighted by Gasteiger charge is 2.10. The van der Waals surface area contributed by atoms with E-state index in [1.54, 1.807) is 12.1 Å². The van der Waals surface area contributed by atoms with Gasteiger partial charge >= 0.3 is 0 Å². The molecule has 1 aromatic heterocycles. The molecule has 0 radical (unpaired) electrons. The van der Waals surface area contributed by atoms with Crippen LogP contribution in [0, 0.1) is 5.82 Å². The minimum absolute atomic E-state index is 0.0310. The number of nitrogen functional groups attached to an aromatic ring is 1. The highest BCUT2D eigenvalue weighted by molar-refractivity contribution is 7.15. The second kappa shape index (κ2) is 4.88. The molecule has 1 amide bonds. The second-order valence-corrected chi connectivity index (χ2v) is 4.33. The van der Waals surface area contributed by atoms with Crippen LogP contribution in [0.5, 0.6) is 0 Å². The number of carbonyl (C=O) groups excluding carboxylic acids is 1. The van der Waals surface area contributed by atoms with Crippen molar-refractivity contribution in [3.05, 3.63) is 35.1 Å². The topological polar surface area (TPSA) is 80.9 Å². The van der Waals surface area contributed by atoms with Gasteiger partial charge in [0.15, 0.2) is 0 Å². The molecule has 88 valence electrons. The van der Waals surface area contributed by atoms with E-state index in [4.69, 9.17) is 5.73 Å². The Labute approximate surface area is 100 Å². The van der Waals surface area contributed by atoms with Crippen LogP contribution in [0.4, 0.5) is 15.2 Å². The molecule has 0 atom stereocenters. The van der Waals surface area contributed by atoms with Gasteiger partial charge in [0.1, 0.15) is 10.8 Å². The molecule has 0 aliphatic heterocycles. The minimum Gasteiger partial charge on any atom is -0.374 e. The summed E-state index contributed by atoms with van der Waals surface area (Å²) in [4.78, 5) is 11.6. The molecule has 0 saturated carbocycles. The van der Waals surface area contributed by atoms with Crippen LogP contribution in [0.3, 0.4) is 0 Å². The molecule has 0 aliphatic carbocycles. The summed E-state index contributed by atoms with van der Waals surface area (Å²) in [7, 11) is 0. The Morgan fingerprint density at radius 2 is 2.18 bits per heavy atom. The van der Waals surface area contributed by atoms with E-state index in [9.17, 15) is 9.18 Å². The van der Waals surface area contributed by atoms with Gasteiger partial charge in [0, 0.05) is 0 Å². The van der Waals surface area contributed by atoms with E-state index in [0.717, 1.165) is 11.3 Å². The zero-order valence-electron chi connectivity index (χ0n) is 8.68. The number of nitrogens with zero attached hydrogens (tertiary/aromatic N) is 2. The molecular formula is C10H9FN4OS. The lowest BCUT2D eigenvalue weighted by atomic mass is 10.3. The van der Waals surface area contributed by atoms with Crippen LogP contribution in [0.1, 0.15) is 5.01 Å². The maximum atomic E-state index is 13.2. The summed E-state index contributed by atoms with van der Waals surface area (Å²) in [6.07, 6.45) is 0.0310. The van der Waals surface area contributed by atoms with Gasteiger partial charge in [-0.15, -0.1) is 10.2 Å². The van der Waals surface area contributed by atoms with Crippen molar-refractivity contribution < 1.29 is 9.18 Å². The van der Waals surface area contributed by atoms with E-state index in [0.29, 0.717) is 10.1 Å². The number of aromatic nitrogens is 2. The molecule has 3 N–H and O–H groups in total. The van der Waals surface area contributed by atoms with Crippen LogP contribution >= 0.6 is 11.3 Å². The zero-order valence-corrected chi connectivity index (χ0v) is 9.50. The highest BCUT2D eigenvalue weighted by atomic mass is 32.1. The second-order valence-electron chi connectivity index (χ2n) is 3.24. The summed E-state index contributed by atoms with van der Waals surface area (Å²) in [6, 6.07) is 5.96. The number of hydrogen-bond donors (Lipinski definition) is 2. The van der Waals surface area contributed by atoms with E-state index in [1.165, 1.54) is 12.1 Å². The fourth-order valence-corrected chi connectivity index (χ4v) is 1.84. The smallest absolute Gasteiger partial charge is 0.231 e. The number of halogens is 1. The van der Waals surface area contributed by atoms with E-state index in [-0.39, 0.29) is 18.0 Å². The molecule has 0 unspecified atom stereocenters. The van der Waals surface area contributed by atoms with Crippen molar-refractivity contribution in [2.24, 2.45) is 0 Å². The van der Waals surface area contributed by atoms with Gasteiger partial charge in [-0.25, -0.2) is 4.39 Å². The molecule has 17 heavy (non-hydrogen) atoms. The number of hydrogen-bond acceptors (Lipinski definition) is 5. The number of amides is 1. The van der Waals surface area contributed by atoms with Gasteiger partial charge in [-0.1, -0.05) is 23.5 Å². The third-order valence-corrected chi connectivity index (χ3v) is 2.69. The SMILES string of the molecule is Nc1nnc(CC(=O)Nc2ccccc2F)s1. The quantitative estimate of drug-likeness (QED) is 0.866. The summed E-state index contributed by atoms with van der Waals surface area (Å²) in [5, 5.41) is 10.5. The number of nitrogens with one attached hydrogen (secondary N) is 1. The number of para-hydroxylation sites is 1. The standard InChI is InChI=1S/C10H9FN4OS/c11-6-3-1-2-4-7(6)13-8(16)5-9-14-15-10(12)17-9/h1-4H,5H2,(H2,12,15)(H,13,16). The van der Waals surface area contributed by atoms with Crippen LogP contribution in [-0.2, 0) is 11.2 Å². The maximum absolute atomic E-state index is 13.2. The van der Waals surface area contributed by atoms with E-state index >= 15 is 0 Å².